The number of hydrogen-bond acceptors (Lipinski definition) is 7. The van der Waals surface area contributed by atoms with Crippen LogP contribution in [0.3, 0.4) is 0 Å². The van der Waals surface area contributed by atoms with Crippen molar-refractivity contribution in [2.75, 3.05) is 32.1 Å². The fourth-order valence-electron chi connectivity index (χ4n) is 4.03. The van der Waals surface area contributed by atoms with Crippen LogP contribution in [0.2, 0.25) is 0 Å². The number of aromatic nitrogens is 1. The third-order valence-electron chi connectivity index (χ3n) is 5.95. The highest BCUT2D eigenvalue weighted by molar-refractivity contribution is 7.89. The summed E-state index contributed by atoms with van der Waals surface area (Å²) >= 11 is 0. The summed E-state index contributed by atoms with van der Waals surface area (Å²) in [7, 11) is -1.91. The number of nitrogens with zero attached hydrogens (tertiary/aromatic N) is 3. The van der Waals surface area contributed by atoms with Crippen LogP contribution in [0.25, 0.3) is 11.5 Å². The van der Waals surface area contributed by atoms with Gasteiger partial charge in [-0.2, -0.15) is 14.6 Å². The largest absolute Gasteiger partial charge is 0.497 e. The number of rotatable bonds is 8. The Balaban J connectivity index is 1.44. The number of hydrogen-bond donors (Lipinski definition) is 1. The van der Waals surface area contributed by atoms with Crippen molar-refractivity contribution in [2.24, 2.45) is 5.92 Å². The van der Waals surface area contributed by atoms with Crippen molar-refractivity contribution in [1.82, 2.24) is 9.29 Å². The molecule has 0 radical (unpaired) electrons. The van der Waals surface area contributed by atoms with Gasteiger partial charge in [0, 0.05) is 25.2 Å². The minimum Gasteiger partial charge on any atom is -0.497 e. The van der Waals surface area contributed by atoms with Gasteiger partial charge in [0.15, 0.2) is 0 Å². The molecule has 2 aromatic carbocycles. The molecule has 3 aromatic rings. The third kappa shape index (κ3) is 5.24. The monoisotopic (exact) mass is 480 g/mol. The van der Waals surface area contributed by atoms with Gasteiger partial charge in [-0.05, 0) is 67.1 Å². The van der Waals surface area contributed by atoms with Crippen molar-refractivity contribution in [2.45, 2.75) is 31.1 Å². The molecule has 1 aromatic heterocycles. The van der Waals surface area contributed by atoms with Gasteiger partial charge in [0.25, 0.3) is 0 Å². The predicted octanol–water partition coefficient (Wildman–Crippen LogP) is 4.30. The number of nitriles is 1. The lowest BCUT2D eigenvalue weighted by Crippen LogP contribution is -2.39. The molecule has 178 valence electrons. The maximum atomic E-state index is 13.0. The minimum absolute atomic E-state index is 0.156. The molecule has 1 aliphatic rings. The molecule has 0 saturated carbocycles. The van der Waals surface area contributed by atoms with Gasteiger partial charge in [-0.25, -0.2) is 8.42 Å². The van der Waals surface area contributed by atoms with Crippen LogP contribution in [0, 0.1) is 17.2 Å². The van der Waals surface area contributed by atoms with Crippen LogP contribution < -0.4 is 10.1 Å². The summed E-state index contributed by atoms with van der Waals surface area (Å²) in [5.41, 5.74) is 1.88. The van der Waals surface area contributed by atoms with Crippen LogP contribution in [0.5, 0.6) is 5.75 Å². The second-order valence-electron chi connectivity index (χ2n) is 8.47. The number of ether oxygens (including phenoxy) is 1. The zero-order valence-corrected chi connectivity index (χ0v) is 20.1. The van der Waals surface area contributed by atoms with Gasteiger partial charge in [0.05, 0.1) is 12.0 Å². The summed E-state index contributed by atoms with van der Waals surface area (Å²) in [5.74, 6) is 1.71. The van der Waals surface area contributed by atoms with E-state index in [0.29, 0.717) is 37.0 Å². The van der Waals surface area contributed by atoms with E-state index in [4.69, 9.17) is 9.15 Å². The molecule has 1 fully saturated rings. The van der Waals surface area contributed by atoms with Crippen LogP contribution in [0.15, 0.2) is 57.8 Å². The third-order valence-corrected chi connectivity index (χ3v) is 7.83. The van der Waals surface area contributed by atoms with Gasteiger partial charge >= 0.3 is 0 Å². The van der Waals surface area contributed by atoms with Crippen molar-refractivity contribution in [3.8, 4) is 23.3 Å². The lowest BCUT2D eigenvalue weighted by atomic mass is 10.0. The Morgan fingerprint density at radius 2 is 1.94 bits per heavy atom. The zero-order chi connectivity index (χ0) is 24.1. The van der Waals surface area contributed by atoms with E-state index in [2.05, 4.69) is 17.2 Å². The Labute approximate surface area is 200 Å². The van der Waals surface area contributed by atoms with E-state index in [1.807, 2.05) is 30.3 Å². The van der Waals surface area contributed by atoms with E-state index in [1.165, 1.54) is 0 Å². The molecule has 0 unspecified atom stereocenters. The molecule has 4 rings (SSSR count). The summed E-state index contributed by atoms with van der Waals surface area (Å²) in [5, 5.41) is 12.6. The molecule has 1 aliphatic heterocycles. The summed E-state index contributed by atoms with van der Waals surface area (Å²) in [4.78, 5) is 4.52. The minimum atomic E-state index is -3.53. The first-order valence-corrected chi connectivity index (χ1v) is 12.7. The van der Waals surface area contributed by atoms with Crippen molar-refractivity contribution >= 4 is 15.9 Å². The molecular formula is C25H28N4O4S. The topological polar surface area (TPSA) is 108 Å². The fraction of sp³-hybridized carbons (Fsp3) is 0.360. The summed E-state index contributed by atoms with van der Waals surface area (Å²) in [6, 6.07) is 16.3. The van der Waals surface area contributed by atoms with Gasteiger partial charge in [-0.15, -0.1) is 0 Å². The second-order valence-corrected chi connectivity index (χ2v) is 10.4. The van der Waals surface area contributed by atoms with E-state index in [-0.39, 0.29) is 16.5 Å². The van der Waals surface area contributed by atoms with Crippen molar-refractivity contribution in [1.29, 1.82) is 5.26 Å². The first-order chi connectivity index (χ1) is 16.4. The first kappa shape index (κ1) is 23.8. The number of anilines is 1. The highest BCUT2D eigenvalue weighted by Crippen LogP contribution is 2.28. The summed E-state index contributed by atoms with van der Waals surface area (Å²) < 4.78 is 38.5. The Hall–Kier alpha value is -3.35. The van der Waals surface area contributed by atoms with E-state index < -0.39 is 10.0 Å². The normalized spacial score (nSPS) is 16.7. The quantitative estimate of drug-likeness (QED) is 0.512. The van der Waals surface area contributed by atoms with Gasteiger partial charge in [0.2, 0.25) is 27.5 Å². The number of methoxy groups -OCH3 is 1. The fourth-order valence-corrected chi connectivity index (χ4v) is 5.63. The molecule has 0 aliphatic carbocycles. The Bertz CT molecular complexity index is 1260. The average Bonchev–Trinajstić information content (AvgIpc) is 3.28. The standard InChI is InChI=1S/C25H28N4O4S/c1-18-4-3-15-29(17-18)34(30,31)22-11-7-20(8-12-22)24-28-23(16-26)25(33-24)27-14-13-19-5-9-21(32-2)10-6-19/h5-12,18,27H,3-4,13-15,17H2,1-2H3/t18-/m0/s1. The van der Waals surface area contributed by atoms with Crippen molar-refractivity contribution in [3.05, 3.63) is 59.8 Å². The van der Waals surface area contributed by atoms with Gasteiger partial charge in [0.1, 0.15) is 11.8 Å². The molecule has 2 heterocycles. The summed E-state index contributed by atoms with van der Waals surface area (Å²) in [6.45, 7) is 3.72. The van der Waals surface area contributed by atoms with Crippen LogP contribution in [0.1, 0.15) is 31.0 Å². The maximum absolute atomic E-state index is 13.0. The molecule has 1 saturated heterocycles. The van der Waals surface area contributed by atoms with Crippen molar-refractivity contribution in [3.63, 3.8) is 0 Å². The van der Waals surface area contributed by atoms with Crippen LogP contribution in [-0.4, -0.2) is 44.5 Å². The molecule has 34 heavy (non-hydrogen) atoms. The van der Waals surface area contributed by atoms with Crippen LogP contribution in [-0.2, 0) is 16.4 Å². The second kappa shape index (κ2) is 10.3. The van der Waals surface area contributed by atoms with Gasteiger partial charge in [-0.1, -0.05) is 19.1 Å². The zero-order valence-electron chi connectivity index (χ0n) is 19.3. The predicted molar refractivity (Wildman–Crippen MR) is 129 cm³/mol. The Kier molecular flexibility index (Phi) is 7.20. The molecule has 0 amide bonds. The number of nitrogens with one attached hydrogen (secondary N) is 1. The van der Waals surface area contributed by atoms with Gasteiger partial charge in [-0.3, -0.25) is 0 Å². The molecule has 1 N–H and O–H groups in total. The van der Waals surface area contributed by atoms with Crippen molar-refractivity contribution < 1.29 is 17.6 Å². The Morgan fingerprint density at radius 1 is 1.21 bits per heavy atom. The highest BCUT2D eigenvalue weighted by Gasteiger charge is 2.28. The van der Waals surface area contributed by atoms with E-state index in [0.717, 1.165) is 30.6 Å². The SMILES string of the molecule is COc1ccc(CCNc2oc(-c3ccc(S(=O)(=O)N4CCC[C@H](C)C4)cc3)nc2C#N)cc1. The number of benzene rings is 2. The van der Waals surface area contributed by atoms with E-state index >= 15 is 0 Å². The van der Waals surface area contributed by atoms with E-state index in [1.54, 1.807) is 35.7 Å². The lowest BCUT2D eigenvalue weighted by Gasteiger charge is -2.30. The van der Waals surface area contributed by atoms with Crippen LogP contribution >= 0.6 is 0 Å². The van der Waals surface area contributed by atoms with E-state index in [9.17, 15) is 13.7 Å². The molecular weight excluding hydrogens is 452 g/mol. The maximum Gasteiger partial charge on any atom is 0.243 e. The highest BCUT2D eigenvalue weighted by atomic mass is 32.2. The van der Waals surface area contributed by atoms with Gasteiger partial charge < -0.3 is 14.5 Å². The molecule has 0 spiro atoms. The molecule has 9 heteroatoms. The lowest BCUT2D eigenvalue weighted by molar-refractivity contribution is 0.281. The molecule has 8 nitrogen and oxygen atoms in total. The molecule has 1 atom stereocenters. The van der Waals surface area contributed by atoms with Crippen LogP contribution in [0.4, 0.5) is 5.88 Å². The smallest absolute Gasteiger partial charge is 0.243 e. The number of sulfonamides is 1. The average molecular weight is 481 g/mol. The summed E-state index contributed by atoms with van der Waals surface area (Å²) in [6.07, 6.45) is 2.65. The number of oxazole rings is 1. The molecule has 0 bridgehead atoms. The number of piperidine rings is 1. The Morgan fingerprint density at radius 3 is 2.59 bits per heavy atom. The first-order valence-electron chi connectivity index (χ1n) is 11.3.